The number of nitrogens with one attached hydrogen (secondary N) is 1. The number of nitrogens with zero attached hydrogens (tertiary/aromatic N) is 1. The Morgan fingerprint density at radius 3 is 2.62 bits per heavy atom. The van der Waals surface area contributed by atoms with Gasteiger partial charge in [0.15, 0.2) is 0 Å². The molecule has 6 heteroatoms. The first-order chi connectivity index (χ1) is 9.99. The van der Waals surface area contributed by atoms with E-state index in [0.717, 1.165) is 17.7 Å². The minimum atomic E-state index is -0.683. The highest BCUT2D eigenvalue weighted by Gasteiger charge is 2.18. The van der Waals surface area contributed by atoms with Crippen molar-refractivity contribution >= 4 is 23.0 Å². The molecule has 2 aromatic rings. The highest BCUT2D eigenvalue weighted by molar-refractivity contribution is 6.31. The van der Waals surface area contributed by atoms with Crippen molar-refractivity contribution in [2.75, 3.05) is 11.9 Å². The van der Waals surface area contributed by atoms with E-state index >= 15 is 0 Å². The number of benzene rings is 2. The third kappa shape index (κ3) is 3.70. The van der Waals surface area contributed by atoms with Crippen LogP contribution in [0.15, 0.2) is 42.5 Å². The molecule has 1 unspecified atom stereocenters. The van der Waals surface area contributed by atoms with Gasteiger partial charge in [0, 0.05) is 18.7 Å². The van der Waals surface area contributed by atoms with Gasteiger partial charge in [-0.1, -0.05) is 48.9 Å². The molecule has 2 rings (SSSR count). The molecular formula is C15H14ClFN2O2. The molecule has 0 heterocycles. The van der Waals surface area contributed by atoms with E-state index in [1.54, 1.807) is 0 Å². The molecule has 0 aliphatic carbocycles. The Morgan fingerprint density at radius 1 is 1.33 bits per heavy atom. The molecule has 0 aromatic heterocycles. The van der Waals surface area contributed by atoms with Crippen LogP contribution in [0.2, 0.25) is 5.02 Å². The second-order valence-electron chi connectivity index (χ2n) is 4.73. The Balaban J connectivity index is 2.16. The van der Waals surface area contributed by atoms with E-state index < -0.39 is 10.7 Å². The lowest BCUT2D eigenvalue weighted by Gasteiger charge is -2.14. The molecule has 0 fully saturated rings. The number of hydrogen-bond donors (Lipinski definition) is 1. The first-order valence-electron chi connectivity index (χ1n) is 6.41. The molecule has 0 bridgehead atoms. The van der Waals surface area contributed by atoms with Crippen LogP contribution < -0.4 is 5.32 Å². The number of hydrogen-bond acceptors (Lipinski definition) is 3. The third-order valence-corrected chi connectivity index (χ3v) is 3.49. The number of nitro groups is 1. The van der Waals surface area contributed by atoms with Gasteiger partial charge >= 0.3 is 0 Å². The summed E-state index contributed by atoms with van der Waals surface area (Å²) in [5.41, 5.74) is 0.994. The molecule has 1 N–H and O–H groups in total. The average Bonchev–Trinajstić information content (AvgIpc) is 2.48. The summed E-state index contributed by atoms with van der Waals surface area (Å²) in [7, 11) is 0. The summed E-state index contributed by atoms with van der Waals surface area (Å²) in [5.74, 6) is -0.554. The fourth-order valence-corrected chi connectivity index (χ4v) is 2.15. The summed E-state index contributed by atoms with van der Waals surface area (Å²) in [6.45, 7) is 2.44. The summed E-state index contributed by atoms with van der Waals surface area (Å²) < 4.78 is 13.5. The predicted octanol–water partition coefficient (Wildman–Crippen LogP) is 4.60. The maximum Gasteiger partial charge on any atom is 0.294 e. The lowest BCUT2D eigenvalue weighted by molar-refractivity contribution is -0.384. The van der Waals surface area contributed by atoms with E-state index in [0.29, 0.717) is 6.54 Å². The van der Waals surface area contributed by atoms with Crippen LogP contribution in [0.25, 0.3) is 0 Å². The van der Waals surface area contributed by atoms with Crippen LogP contribution in [0.4, 0.5) is 15.8 Å². The normalized spacial score (nSPS) is 12.0. The first kappa shape index (κ1) is 15.3. The molecule has 4 nitrogen and oxygen atoms in total. The van der Waals surface area contributed by atoms with Gasteiger partial charge in [-0.25, -0.2) is 4.39 Å². The molecule has 2 aromatic carbocycles. The van der Waals surface area contributed by atoms with Crippen LogP contribution in [-0.2, 0) is 0 Å². The lowest BCUT2D eigenvalue weighted by Crippen LogP contribution is -2.11. The van der Waals surface area contributed by atoms with Crippen molar-refractivity contribution in [3.05, 3.63) is 69.0 Å². The number of rotatable bonds is 5. The van der Waals surface area contributed by atoms with Gasteiger partial charge < -0.3 is 5.32 Å². The van der Waals surface area contributed by atoms with Gasteiger partial charge in [0.1, 0.15) is 11.5 Å². The Bertz CT molecular complexity index is 650. The quantitative estimate of drug-likeness (QED) is 0.648. The molecule has 0 saturated heterocycles. The number of anilines is 1. The monoisotopic (exact) mass is 308 g/mol. The Kier molecular flexibility index (Phi) is 4.75. The van der Waals surface area contributed by atoms with Crippen LogP contribution in [0.5, 0.6) is 0 Å². The summed E-state index contributed by atoms with van der Waals surface area (Å²) >= 11 is 5.58. The minimum Gasteiger partial charge on any atom is -0.379 e. The molecule has 1 atom stereocenters. The first-order valence-corrected chi connectivity index (χ1v) is 6.79. The minimum absolute atomic E-state index is 0.129. The summed E-state index contributed by atoms with van der Waals surface area (Å²) in [6, 6.07) is 11.8. The van der Waals surface area contributed by atoms with E-state index in [9.17, 15) is 14.5 Å². The largest absolute Gasteiger partial charge is 0.379 e. The zero-order chi connectivity index (χ0) is 15.4. The van der Waals surface area contributed by atoms with Crippen molar-refractivity contribution in [3.8, 4) is 0 Å². The van der Waals surface area contributed by atoms with Crippen LogP contribution >= 0.6 is 11.6 Å². The SMILES string of the molecule is CC(CNc1cc(F)c(Cl)cc1[N+](=O)[O-])c1ccccc1. The van der Waals surface area contributed by atoms with Crippen LogP contribution in [0.1, 0.15) is 18.4 Å². The van der Waals surface area contributed by atoms with E-state index in [1.807, 2.05) is 37.3 Å². The maximum absolute atomic E-state index is 13.5. The molecule has 0 spiro atoms. The Labute approximate surface area is 126 Å². The van der Waals surface area contributed by atoms with Crippen LogP contribution in [0, 0.1) is 15.9 Å². The van der Waals surface area contributed by atoms with E-state index in [-0.39, 0.29) is 22.3 Å². The maximum atomic E-state index is 13.5. The smallest absolute Gasteiger partial charge is 0.294 e. The van der Waals surface area contributed by atoms with Gasteiger partial charge in [0.2, 0.25) is 0 Å². The average molecular weight is 309 g/mol. The Hall–Kier alpha value is -2.14. The zero-order valence-electron chi connectivity index (χ0n) is 11.3. The van der Waals surface area contributed by atoms with Crippen molar-refractivity contribution in [2.24, 2.45) is 0 Å². The van der Waals surface area contributed by atoms with Crippen molar-refractivity contribution in [1.29, 1.82) is 0 Å². The second-order valence-corrected chi connectivity index (χ2v) is 5.14. The van der Waals surface area contributed by atoms with Crippen LogP contribution in [0.3, 0.4) is 0 Å². The predicted molar refractivity (Wildman–Crippen MR) is 81.4 cm³/mol. The van der Waals surface area contributed by atoms with Gasteiger partial charge in [0.25, 0.3) is 5.69 Å². The third-order valence-electron chi connectivity index (χ3n) is 3.20. The van der Waals surface area contributed by atoms with Gasteiger partial charge in [-0.05, 0) is 11.5 Å². The molecule has 0 aliphatic heterocycles. The van der Waals surface area contributed by atoms with Crippen molar-refractivity contribution in [3.63, 3.8) is 0 Å². The zero-order valence-corrected chi connectivity index (χ0v) is 12.1. The summed E-state index contributed by atoms with van der Waals surface area (Å²) in [5, 5.41) is 13.6. The van der Waals surface area contributed by atoms with Crippen molar-refractivity contribution < 1.29 is 9.31 Å². The number of nitro benzene ring substituents is 1. The second kappa shape index (κ2) is 6.54. The fraction of sp³-hybridized carbons (Fsp3) is 0.200. The fourth-order valence-electron chi connectivity index (χ4n) is 1.99. The molecule has 21 heavy (non-hydrogen) atoms. The van der Waals surface area contributed by atoms with E-state index in [4.69, 9.17) is 11.6 Å². The standard InChI is InChI=1S/C15H14ClFN2O2/c1-10(11-5-3-2-4-6-11)9-18-14-8-13(17)12(16)7-15(14)19(20)21/h2-8,10,18H,9H2,1H3. The van der Waals surface area contributed by atoms with Crippen molar-refractivity contribution in [1.82, 2.24) is 0 Å². The van der Waals surface area contributed by atoms with E-state index in [1.165, 1.54) is 0 Å². The molecule has 110 valence electrons. The van der Waals surface area contributed by atoms with Gasteiger partial charge in [-0.3, -0.25) is 10.1 Å². The molecule has 0 amide bonds. The van der Waals surface area contributed by atoms with E-state index in [2.05, 4.69) is 5.32 Å². The molecule has 0 saturated carbocycles. The molecular weight excluding hydrogens is 295 g/mol. The van der Waals surface area contributed by atoms with Gasteiger partial charge in [0.05, 0.1) is 9.95 Å². The lowest BCUT2D eigenvalue weighted by atomic mass is 10.0. The Morgan fingerprint density at radius 2 is 2.00 bits per heavy atom. The van der Waals surface area contributed by atoms with Gasteiger partial charge in [-0.15, -0.1) is 0 Å². The van der Waals surface area contributed by atoms with Gasteiger partial charge in [-0.2, -0.15) is 0 Å². The van der Waals surface area contributed by atoms with Crippen LogP contribution in [-0.4, -0.2) is 11.5 Å². The number of halogens is 2. The summed E-state index contributed by atoms with van der Waals surface area (Å²) in [6.07, 6.45) is 0. The highest BCUT2D eigenvalue weighted by Crippen LogP contribution is 2.31. The topological polar surface area (TPSA) is 55.2 Å². The molecule has 0 aliphatic rings. The molecule has 0 radical (unpaired) electrons. The summed E-state index contributed by atoms with van der Waals surface area (Å²) in [4.78, 5) is 10.4. The van der Waals surface area contributed by atoms with Crippen molar-refractivity contribution in [2.45, 2.75) is 12.8 Å². The highest BCUT2D eigenvalue weighted by atomic mass is 35.5.